The first-order valence-corrected chi connectivity index (χ1v) is 13.1. The van der Waals surface area contributed by atoms with Crippen LogP contribution in [0, 0.1) is 6.92 Å². The summed E-state index contributed by atoms with van der Waals surface area (Å²) < 4.78 is 1.74. The fraction of sp³-hybridized carbons (Fsp3) is 0.276. The van der Waals surface area contributed by atoms with Gasteiger partial charge in [0.15, 0.2) is 5.16 Å². The topological polar surface area (TPSA) is 64.0 Å². The quantitative estimate of drug-likeness (QED) is 0.270. The number of nitrogens with one attached hydrogen (secondary N) is 1. The van der Waals surface area contributed by atoms with Gasteiger partial charge in [-0.15, -0.1) is 0 Å². The maximum Gasteiger partial charge on any atom is 0.262 e. The third-order valence-corrected chi connectivity index (χ3v) is 7.61. The molecule has 6 heteroatoms. The van der Waals surface area contributed by atoms with E-state index in [0.29, 0.717) is 28.2 Å². The zero-order chi connectivity index (χ0) is 24.2. The number of aromatic nitrogens is 2. The van der Waals surface area contributed by atoms with Crippen LogP contribution in [0.3, 0.4) is 0 Å². The maximum atomic E-state index is 13.4. The van der Waals surface area contributed by atoms with E-state index in [9.17, 15) is 9.59 Å². The van der Waals surface area contributed by atoms with Crippen LogP contribution < -0.4 is 10.9 Å². The zero-order valence-corrected chi connectivity index (χ0v) is 20.7. The lowest BCUT2D eigenvalue weighted by Gasteiger charge is -2.14. The van der Waals surface area contributed by atoms with Crippen molar-refractivity contribution in [2.75, 3.05) is 0 Å². The minimum Gasteiger partial charge on any atom is -0.349 e. The van der Waals surface area contributed by atoms with E-state index in [-0.39, 0.29) is 17.5 Å². The first kappa shape index (κ1) is 23.4. The molecule has 0 saturated heterocycles. The molecule has 0 atom stereocenters. The monoisotopic (exact) mass is 483 g/mol. The number of carbonyl (C=O) groups excluding carboxylic acids is 1. The molecule has 5 rings (SSSR count). The molecule has 0 aliphatic heterocycles. The van der Waals surface area contributed by atoms with E-state index >= 15 is 0 Å². The Morgan fingerprint density at radius 1 is 0.971 bits per heavy atom. The summed E-state index contributed by atoms with van der Waals surface area (Å²) in [6.45, 7) is 2.47. The van der Waals surface area contributed by atoms with E-state index < -0.39 is 0 Å². The van der Waals surface area contributed by atoms with Crippen LogP contribution in [0.2, 0.25) is 0 Å². The Hall–Kier alpha value is -3.38. The molecule has 1 aliphatic rings. The second-order valence-electron chi connectivity index (χ2n) is 9.23. The Morgan fingerprint density at radius 2 is 1.66 bits per heavy atom. The van der Waals surface area contributed by atoms with Gasteiger partial charge in [0.25, 0.3) is 11.5 Å². The van der Waals surface area contributed by atoms with Crippen molar-refractivity contribution in [1.82, 2.24) is 14.9 Å². The summed E-state index contributed by atoms with van der Waals surface area (Å²) in [5, 5.41) is 4.43. The van der Waals surface area contributed by atoms with Crippen molar-refractivity contribution in [3.8, 4) is 0 Å². The normalized spacial score (nSPS) is 13.9. The second-order valence-corrected chi connectivity index (χ2v) is 10.2. The van der Waals surface area contributed by atoms with Crippen molar-refractivity contribution in [2.45, 2.75) is 56.1 Å². The zero-order valence-electron chi connectivity index (χ0n) is 19.9. The number of carbonyl (C=O) groups is 1. The molecule has 0 unspecified atom stereocenters. The third-order valence-electron chi connectivity index (χ3n) is 6.56. The van der Waals surface area contributed by atoms with Crippen LogP contribution in [0.25, 0.3) is 10.9 Å². The highest BCUT2D eigenvalue weighted by molar-refractivity contribution is 7.98. The Kier molecular flexibility index (Phi) is 7.00. The van der Waals surface area contributed by atoms with Gasteiger partial charge in [-0.1, -0.05) is 78.7 Å². The van der Waals surface area contributed by atoms with Gasteiger partial charge in [-0.05, 0) is 55.2 Å². The lowest BCUT2D eigenvalue weighted by molar-refractivity contribution is 0.0938. The van der Waals surface area contributed by atoms with Crippen LogP contribution in [0.4, 0.5) is 0 Å². The molecular formula is C29H29N3O2S. The summed E-state index contributed by atoms with van der Waals surface area (Å²) in [5.41, 5.74) is 4.67. The van der Waals surface area contributed by atoms with E-state index in [1.165, 1.54) is 24.0 Å². The number of hydrogen-bond acceptors (Lipinski definition) is 4. The third kappa shape index (κ3) is 5.49. The van der Waals surface area contributed by atoms with E-state index in [1.54, 1.807) is 16.3 Å². The van der Waals surface area contributed by atoms with E-state index in [1.807, 2.05) is 48.5 Å². The van der Waals surface area contributed by atoms with E-state index in [0.717, 1.165) is 24.2 Å². The summed E-state index contributed by atoms with van der Waals surface area (Å²) in [7, 11) is 0. The fourth-order valence-electron chi connectivity index (χ4n) is 4.51. The molecule has 3 aromatic carbocycles. The van der Waals surface area contributed by atoms with Crippen LogP contribution in [-0.2, 0) is 12.3 Å². The van der Waals surface area contributed by atoms with Crippen molar-refractivity contribution in [2.24, 2.45) is 0 Å². The van der Waals surface area contributed by atoms with Crippen molar-refractivity contribution in [3.63, 3.8) is 0 Å². The van der Waals surface area contributed by atoms with E-state index in [4.69, 9.17) is 4.98 Å². The average Bonchev–Trinajstić information content (AvgIpc) is 3.39. The van der Waals surface area contributed by atoms with Crippen molar-refractivity contribution < 1.29 is 4.79 Å². The van der Waals surface area contributed by atoms with Crippen LogP contribution in [0.5, 0.6) is 0 Å². The molecule has 1 fully saturated rings. The number of benzene rings is 3. The molecule has 1 heterocycles. The lowest BCUT2D eigenvalue weighted by Crippen LogP contribution is -2.32. The van der Waals surface area contributed by atoms with Crippen LogP contribution in [-0.4, -0.2) is 21.5 Å². The van der Waals surface area contributed by atoms with Crippen molar-refractivity contribution >= 4 is 28.6 Å². The van der Waals surface area contributed by atoms with E-state index in [2.05, 4.69) is 36.5 Å². The molecule has 0 radical (unpaired) electrons. The molecule has 35 heavy (non-hydrogen) atoms. The average molecular weight is 484 g/mol. The smallest absolute Gasteiger partial charge is 0.262 e. The summed E-state index contributed by atoms with van der Waals surface area (Å²) in [6.07, 6.45) is 4.49. The molecule has 1 amide bonds. The molecule has 1 aliphatic carbocycles. The number of para-hydroxylation sites is 1. The van der Waals surface area contributed by atoms with Gasteiger partial charge in [-0.25, -0.2) is 4.98 Å². The number of amides is 1. The Labute approximate surface area is 209 Å². The van der Waals surface area contributed by atoms with Gasteiger partial charge in [0.05, 0.1) is 17.4 Å². The molecule has 1 aromatic heterocycles. The minimum atomic E-state index is -0.0509. The minimum absolute atomic E-state index is 0.0256. The molecule has 0 bridgehead atoms. The number of fused-ring (bicyclic) bond motifs is 1. The summed E-state index contributed by atoms with van der Waals surface area (Å²) in [5.74, 6) is 0.702. The first-order valence-electron chi connectivity index (χ1n) is 12.1. The Balaban J connectivity index is 1.39. The van der Waals surface area contributed by atoms with Crippen LogP contribution in [0.15, 0.2) is 82.7 Å². The van der Waals surface area contributed by atoms with Gasteiger partial charge >= 0.3 is 0 Å². The number of hydrogen-bond donors (Lipinski definition) is 1. The highest BCUT2D eigenvalue weighted by Gasteiger charge is 2.18. The van der Waals surface area contributed by atoms with Gasteiger partial charge in [0.2, 0.25) is 0 Å². The molecule has 1 saturated carbocycles. The number of thioether (sulfide) groups is 1. The number of nitrogens with zero attached hydrogens (tertiary/aromatic N) is 2. The molecule has 178 valence electrons. The summed E-state index contributed by atoms with van der Waals surface area (Å²) in [4.78, 5) is 30.8. The van der Waals surface area contributed by atoms with Gasteiger partial charge in [0, 0.05) is 17.4 Å². The Morgan fingerprint density at radius 3 is 2.40 bits per heavy atom. The van der Waals surface area contributed by atoms with Crippen LogP contribution >= 0.6 is 11.8 Å². The predicted octanol–water partition coefficient (Wildman–Crippen LogP) is 5.72. The fourth-order valence-corrected chi connectivity index (χ4v) is 5.47. The second kappa shape index (κ2) is 10.5. The van der Waals surface area contributed by atoms with Gasteiger partial charge in [-0.2, -0.15) is 0 Å². The van der Waals surface area contributed by atoms with Crippen LogP contribution in [0.1, 0.15) is 52.7 Å². The van der Waals surface area contributed by atoms with Gasteiger partial charge < -0.3 is 5.32 Å². The number of aryl methyl sites for hydroxylation is 1. The standard InChI is InChI=1S/C29H29N3O2S/c1-20-10-12-22(13-11-20)19-35-29-31-26-9-5-4-8-25(26)28(34)32(29)18-21-14-16-23(17-15-21)27(33)30-24-6-2-3-7-24/h4-5,8-17,24H,2-3,6-7,18-19H2,1H3,(H,30,33). The van der Waals surface area contributed by atoms with Gasteiger partial charge in [-0.3, -0.25) is 14.2 Å². The lowest BCUT2D eigenvalue weighted by atomic mass is 10.1. The highest BCUT2D eigenvalue weighted by atomic mass is 32.2. The molecule has 0 spiro atoms. The Bertz CT molecular complexity index is 1390. The summed E-state index contributed by atoms with van der Waals surface area (Å²) in [6, 6.07) is 23.7. The maximum absolute atomic E-state index is 13.4. The molecule has 1 N–H and O–H groups in total. The van der Waals surface area contributed by atoms with Crippen molar-refractivity contribution in [3.05, 3.63) is 105 Å². The van der Waals surface area contributed by atoms with Gasteiger partial charge in [0.1, 0.15) is 0 Å². The largest absolute Gasteiger partial charge is 0.349 e. The predicted molar refractivity (Wildman–Crippen MR) is 142 cm³/mol. The van der Waals surface area contributed by atoms with Crippen molar-refractivity contribution in [1.29, 1.82) is 0 Å². The molecule has 5 nitrogen and oxygen atoms in total. The molecular weight excluding hydrogens is 454 g/mol. The first-order chi connectivity index (χ1) is 17.1. The SMILES string of the molecule is Cc1ccc(CSc2nc3ccccc3c(=O)n2Cc2ccc(C(=O)NC3CCCC3)cc2)cc1. The number of rotatable bonds is 7. The summed E-state index contributed by atoms with van der Waals surface area (Å²) >= 11 is 1.57. The highest BCUT2D eigenvalue weighted by Crippen LogP contribution is 2.23. The molecule has 4 aromatic rings.